The van der Waals surface area contributed by atoms with Crippen molar-refractivity contribution >= 4 is 15.7 Å². The van der Waals surface area contributed by atoms with E-state index in [0.29, 0.717) is 19.4 Å². The van der Waals surface area contributed by atoms with E-state index >= 15 is 0 Å². The monoisotopic (exact) mass is 302 g/mol. The average Bonchev–Trinajstić information content (AvgIpc) is 2.84. The quantitative estimate of drug-likeness (QED) is 0.804. The number of rotatable bonds is 5. The molecule has 2 rings (SSSR count). The van der Waals surface area contributed by atoms with Gasteiger partial charge >= 0.3 is 0 Å². The Morgan fingerprint density at radius 1 is 1.45 bits per heavy atom. The lowest BCUT2D eigenvalue weighted by atomic mass is 10.1. The van der Waals surface area contributed by atoms with Crippen molar-refractivity contribution in [1.29, 1.82) is 0 Å². The van der Waals surface area contributed by atoms with E-state index in [1.807, 2.05) is 0 Å². The van der Waals surface area contributed by atoms with Crippen LogP contribution in [-0.2, 0) is 10.0 Å². The van der Waals surface area contributed by atoms with Crippen molar-refractivity contribution in [2.45, 2.75) is 36.6 Å². The van der Waals surface area contributed by atoms with Gasteiger partial charge in [-0.05, 0) is 37.8 Å². The fraction of sp³-hybridized carbons (Fsp3) is 0.538. The number of hydrogen-bond donors (Lipinski definition) is 2. The Labute approximate surface area is 118 Å². The van der Waals surface area contributed by atoms with Gasteiger partial charge in [0.15, 0.2) is 0 Å². The lowest BCUT2D eigenvalue weighted by Gasteiger charge is -2.24. The van der Waals surface area contributed by atoms with E-state index in [1.165, 1.54) is 16.4 Å². The molecule has 1 fully saturated rings. The van der Waals surface area contributed by atoms with E-state index in [9.17, 15) is 12.8 Å². The molecule has 1 unspecified atom stereocenters. The molecule has 20 heavy (non-hydrogen) atoms. The van der Waals surface area contributed by atoms with Crippen LogP contribution in [0.3, 0.4) is 0 Å². The lowest BCUT2D eigenvalue weighted by molar-refractivity contribution is 0.264. The second-order valence-corrected chi connectivity index (χ2v) is 6.76. The predicted octanol–water partition coefficient (Wildman–Crippen LogP) is 1.33. The van der Waals surface area contributed by atoms with Crippen LogP contribution < -0.4 is 5.73 Å². The minimum absolute atomic E-state index is 0.0201. The number of nitrogens with two attached hydrogens (primary N) is 1. The molecule has 1 saturated heterocycles. The zero-order valence-corrected chi connectivity index (χ0v) is 11.9. The Morgan fingerprint density at radius 3 is 2.85 bits per heavy atom. The number of aliphatic hydroxyl groups excluding tert-OH is 1. The Balaban J connectivity index is 2.34. The normalized spacial score (nSPS) is 20.4. The molecule has 1 aliphatic heterocycles. The molecule has 0 spiro atoms. The van der Waals surface area contributed by atoms with Gasteiger partial charge in [0.25, 0.3) is 0 Å². The first-order valence-corrected chi connectivity index (χ1v) is 8.09. The van der Waals surface area contributed by atoms with Gasteiger partial charge in [0.1, 0.15) is 10.7 Å². The molecule has 112 valence electrons. The highest BCUT2D eigenvalue weighted by Crippen LogP contribution is 2.32. The molecule has 1 heterocycles. The smallest absolute Gasteiger partial charge is 0.248 e. The number of aliphatic hydroxyl groups is 1. The molecular weight excluding hydrogens is 283 g/mol. The zero-order chi connectivity index (χ0) is 14.8. The van der Waals surface area contributed by atoms with Crippen molar-refractivity contribution in [2.24, 2.45) is 0 Å². The largest absolute Gasteiger partial charge is 0.398 e. The summed E-state index contributed by atoms with van der Waals surface area (Å²) in [5.41, 5.74) is 5.56. The molecule has 3 N–H and O–H groups in total. The van der Waals surface area contributed by atoms with Crippen molar-refractivity contribution in [3.05, 3.63) is 24.0 Å². The summed E-state index contributed by atoms with van der Waals surface area (Å²) in [6.07, 6.45) is 2.57. The summed E-state index contributed by atoms with van der Waals surface area (Å²) in [4.78, 5) is -0.434. The maximum Gasteiger partial charge on any atom is 0.248 e. The van der Waals surface area contributed by atoms with Crippen LogP contribution in [-0.4, -0.2) is 37.0 Å². The highest BCUT2D eigenvalue weighted by atomic mass is 32.2. The highest BCUT2D eigenvalue weighted by molar-refractivity contribution is 7.89. The average molecular weight is 302 g/mol. The van der Waals surface area contributed by atoms with Crippen LogP contribution >= 0.6 is 0 Å². The maximum atomic E-state index is 13.9. The van der Waals surface area contributed by atoms with E-state index in [1.54, 1.807) is 0 Å². The van der Waals surface area contributed by atoms with Crippen LogP contribution in [0.25, 0.3) is 0 Å². The first kappa shape index (κ1) is 15.2. The summed E-state index contributed by atoms with van der Waals surface area (Å²) in [5, 5.41) is 8.87. The molecule has 0 radical (unpaired) electrons. The Morgan fingerprint density at radius 2 is 2.20 bits per heavy atom. The van der Waals surface area contributed by atoms with Gasteiger partial charge in [0, 0.05) is 19.2 Å². The Hall–Kier alpha value is -1.18. The van der Waals surface area contributed by atoms with Gasteiger partial charge < -0.3 is 10.8 Å². The fourth-order valence-corrected chi connectivity index (χ4v) is 4.54. The van der Waals surface area contributed by atoms with Crippen LogP contribution in [0.1, 0.15) is 25.7 Å². The zero-order valence-electron chi connectivity index (χ0n) is 11.1. The van der Waals surface area contributed by atoms with Crippen molar-refractivity contribution in [3.8, 4) is 0 Å². The molecule has 0 aromatic heterocycles. The van der Waals surface area contributed by atoms with Crippen LogP contribution in [0, 0.1) is 5.82 Å². The first-order valence-electron chi connectivity index (χ1n) is 6.65. The molecule has 7 heteroatoms. The van der Waals surface area contributed by atoms with E-state index < -0.39 is 20.7 Å². The minimum atomic E-state index is -3.93. The molecular formula is C13H19FN2O3S. The van der Waals surface area contributed by atoms with Crippen molar-refractivity contribution < 1.29 is 17.9 Å². The van der Waals surface area contributed by atoms with Gasteiger partial charge in [0.05, 0.1) is 5.69 Å². The molecule has 0 bridgehead atoms. The van der Waals surface area contributed by atoms with E-state index in [2.05, 4.69) is 0 Å². The van der Waals surface area contributed by atoms with E-state index in [-0.39, 0.29) is 18.3 Å². The number of anilines is 1. The number of nitrogens with zero attached hydrogens (tertiary/aromatic N) is 1. The van der Waals surface area contributed by atoms with Crippen molar-refractivity contribution in [1.82, 2.24) is 4.31 Å². The Kier molecular flexibility index (Phi) is 4.62. The second kappa shape index (κ2) is 6.07. The fourth-order valence-electron chi connectivity index (χ4n) is 2.66. The van der Waals surface area contributed by atoms with Gasteiger partial charge in [-0.1, -0.05) is 6.07 Å². The molecule has 0 aliphatic carbocycles. The lowest BCUT2D eigenvalue weighted by Crippen LogP contribution is -2.36. The number of benzene rings is 1. The third-order valence-electron chi connectivity index (χ3n) is 3.58. The molecule has 0 amide bonds. The summed E-state index contributed by atoms with van der Waals surface area (Å²) < 4.78 is 40.4. The number of sulfonamides is 1. The third-order valence-corrected chi connectivity index (χ3v) is 5.63. The molecule has 0 saturated carbocycles. The van der Waals surface area contributed by atoms with Crippen molar-refractivity contribution in [3.63, 3.8) is 0 Å². The minimum Gasteiger partial charge on any atom is -0.398 e. The molecule has 5 nitrogen and oxygen atoms in total. The summed E-state index contributed by atoms with van der Waals surface area (Å²) in [7, 11) is -3.93. The number of nitrogen functional groups attached to an aromatic ring is 1. The van der Waals surface area contributed by atoms with Gasteiger partial charge in [0.2, 0.25) is 10.0 Å². The van der Waals surface area contributed by atoms with Gasteiger partial charge in [-0.3, -0.25) is 0 Å². The maximum absolute atomic E-state index is 13.9. The second-order valence-electron chi connectivity index (χ2n) is 4.94. The van der Waals surface area contributed by atoms with Crippen LogP contribution in [0.5, 0.6) is 0 Å². The highest BCUT2D eigenvalue weighted by Gasteiger charge is 2.37. The Bertz CT molecular complexity index is 557. The molecule has 1 aromatic carbocycles. The molecule has 1 aromatic rings. The van der Waals surface area contributed by atoms with Gasteiger partial charge in [-0.25, -0.2) is 12.8 Å². The van der Waals surface area contributed by atoms with Crippen LogP contribution in [0.2, 0.25) is 0 Å². The van der Waals surface area contributed by atoms with Gasteiger partial charge in [-0.2, -0.15) is 4.31 Å². The molecule has 1 atom stereocenters. The molecule has 1 aliphatic rings. The third kappa shape index (κ3) is 2.79. The number of halogens is 1. The van der Waals surface area contributed by atoms with E-state index in [4.69, 9.17) is 10.8 Å². The SMILES string of the molecule is Nc1cccc(F)c1S(=O)(=O)N1CCCC1CCCO. The predicted molar refractivity (Wildman–Crippen MR) is 74.0 cm³/mol. The summed E-state index contributed by atoms with van der Waals surface area (Å²) in [6.45, 7) is 0.387. The van der Waals surface area contributed by atoms with Crippen LogP contribution in [0.4, 0.5) is 10.1 Å². The van der Waals surface area contributed by atoms with E-state index in [0.717, 1.165) is 18.9 Å². The summed E-state index contributed by atoms with van der Waals surface area (Å²) in [6, 6.07) is 3.68. The first-order chi connectivity index (χ1) is 9.48. The van der Waals surface area contributed by atoms with Crippen molar-refractivity contribution in [2.75, 3.05) is 18.9 Å². The summed E-state index contributed by atoms with van der Waals surface area (Å²) >= 11 is 0. The van der Waals surface area contributed by atoms with Gasteiger partial charge in [-0.15, -0.1) is 0 Å². The summed E-state index contributed by atoms with van der Waals surface area (Å²) in [5.74, 6) is -0.821. The topological polar surface area (TPSA) is 83.6 Å². The number of hydrogen-bond acceptors (Lipinski definition) is 4. The van der Waals surface area contributed by atoms with Crippen LogP contribution in [0.15, 0.2) is 23.1 Å². The standard InChI is InChI=1S/C13H19FN2O3S/c14-11-6-1-7-12(15)13(11)20(18,19)16-8-2-4-10(16)5-3-9-17/h1,6-7,10,17H,2-5,8-9,15H2.